The summed E-state index contributed by atoms with van der Waals surface area (Å²) in [5.41, 5.74) is 0. The van der Waals surface area contributed by atoms with Crippen molar-refractivity contribution < 1.29 is 22.7 Å². The predicted molar refractivity (Wildman–Crippen MR) is 98.5 cm³/mol. The molecular formula is C15H29ClN4O5S. The minimum Gasteiger partial charge on any atom is -0.373 e. The molecule has 0 aromatic rings. The SMILES string of the molecule is CC1CN(S(=O)(=O)N2CCN(C(=O)C3CNCCO3)CC2)CC(C)O1.Cl. The highest BCUT2D eigenvalue weighted by molar-refractivity contribution is 7.86. The first-order valence-electron chi connectivity index (χ1n) is 8.89. The van der Waals surface area contributed by atoms with Gasteiger partial charge in [0, 0.05) is 52.4 Å². The van der Waals surface area contributed by atoms with Crippen LogP contribution in [0.1, 0.15) is 13.8 Å². The zero-order valence-electron chi connectivity index (χ0n) is 15.3. The molecule has 3 heterocycles. The molecule has 9 nitrogen and oxygen atoms in total. The summed E-state index contributed by atoms with van der Waals surface area (Å²) in [5.74, 6) is -0.0575. The van der Waals surface area contributed by atoms with Crippen LogP contribution in [0.15, 0.2) is 0 Å². The molecule has 3 saturated heterocycles. The standard InChI is InChI=1S/C15H28N4O5S.ClH/c1-12-10-19(11-13(2)24-12)25(21,22)18-6-4-17(5-7-18)15(20)14-9-16-3-8-23-14;/h12-14,16H,3-11H2,1-2H3;1H. The lowest BCUT2D eigenvalue weighted by molar-refractivity contribution is -0.146. The van der Waals surface area contributed by atoms with E-state index < -0.39 is 16.3 Å². The van der Waals surface area contributed by atoms with Crippen molar-refractivity contribution in [3.63, 3.8) is 0 Å². The van der Waals surface area contributed by atoms with Crippen LogP contribution in [0.5, 0.6) is 0 Å². The largest absolute Gasteiger partial charge is 0.373 e. The molecule has 0 radical (unpaired) electrons. The van der Waals surface area contributed by atoms with E-state index in [0.29, 0.717) is 52.4 Å². The van der Waals surface area contributed by atoms with Gasteiger partial charge in [-0.2, -0.15) is 17.0 Å². The Morgan fingerprint density at radius 3 is 2.19 bits per heavy atom. The Hall–Kier alpha value is -0.490. The van der Waals surface area contributed by atoms with Crippen LogP contribution in [0.4, 0.5) is 0 Å². The number of carbonyl (C=O) groups excluding carboxylic acids is 1. The molecule has 0 saturated carbocycles. The molecule has 26 heavy (non-hydrogen) atoms. The van der Waals surface area contributed by atoms with Crippen LogP contribution in [0.3, 0.4) is 0 Å². The summed E-state index contributed by atoms with van der Waals surface area (Å²) in [4.78, 5) is 14.2. The van der Waals surface area contributed by atoms with Gasteiger partial charge in [-0.25, -0.2) is 0 Å². The van der Waals surface area contributed by atoms with Gasteiger partial charge < -0.3 is 19.7 Å². The average Bonchev–Trinajstić information content (AvgIpc) is 2.61. The van der Waals surface area contributed by atoms with E-state index in [1.807, 2.05) is 13.8 Å². The Bertz CT molecular complexity index is 569. The topological polar surface area (TPSA) is 91.4 Å². The maximum Gasteiger partial charge on any atom is 0.282 e. The first-order chi connectivity index (χ1) is 11.9. The molecule has 3 atom stereocenters. The van der Waals surface area contributed by atoms with Crippen molar-refractivity contribution in [2.75, 3.05) is 59.0 Å². The molecule has 3 aliphatic heterocycles. The van der Waals surface area contributed by atoms with Crippen LogP contribution < -0.4 is 5.32 Å². The molecule has 0 bridgehead atoms. The normalized spacial score (nSPS) is 32.1. The first-order valence-corrected chi connectivity index (χ1v) is 10.3. The molecule has 0 aliphatic carbocycles. The zero-order chi connectivity index (χ0) is 18.0. The molecule has 3 fully saturated rings. The summed E-state index contributed by atoms with van der Waals surface area (Å²) in [6.45, 7) is 7.72. The van der Waals surface area contributed by atoms with Crippen LogP contribution in [0, 0.1) is 0 Å². The van der Waals surface area contributed by atoms with Crippen molar-refractivity contribution in [1.82, 2.24) is 18.8 Å². The average molecular weight is 413 g/mol. The van der Waals surface area contributed by atoms with Gasteiger partial charge in [0.2, 0.25) is 0 Å². The number of halogens is 1. The van der Waals surface area contributed by atoms with Crippen molar-refractivity contribution in [1.29, 1.82) is 0 Å². The Morgan fingerprint density at radius 2 is 1.65 bits per heavy atom. The van der Waals surface area contributed by atoms with Gasteiger partial charge in [0.15, 0.2) is 0 Å². The lowest BCUT2D eigenvalue weighted by Gasteiger charge is -2.41. The molecule has 152 valence electrons. The van der Waals surface area contributed by atoms with E-state index >= 15 is 0 Å². The second-order valence-electron chi connectivity index (χ2n) is 6.87. The number of hydrogen-bond donors (Lipinski definition) is 1. The van der Waals surface area contributed by atoms with Gasteiger partial charge in [-0.15, -0.1) is 12.4 Å². The first kappa shape index (κ1) is 21.8. The Morgan fingerprint density at radius 1 is 1.04 bits per heavy atom. The minimum atomic E-state index is -3.52. The Kier molecular flexibility index (Phi) is 7.66. The zero-order valence-corrected chi connectivity index (χ0v) is 16.9. The monoisotopic (exact) mass is 412 g/mol. The maximum atomic E-state index is 12.9. The lowest BCUT2D eigenvalue weighted by atomic mass is 10.2. The quantitative estimate of drug-likeness (QED) is 0.632. The number of rotatable bonds is 3. The number of amides is 1. The van der Waals surface area contributed by atoms with E-state index in [4.69, 9.17) is 9.47 Å². The van der Waals surface area contributed by atoms with E-state index in [2.05, 4.69) is 5.32 Å². The predicted octanol–water partition coefficient (Wildman–Crippen LogP) is -1.11. The van der Waals surface area contributed by atoms with Crippen molar-refractivity contribution in [3.05, 3.63) is 0 Å². The van der Waals surface area contributed by atoms with Crippen molar-refractivity contribution in [2.24, 2.45) is 0 Å². The summed E-state index contributed by atoms with van der Waals surface area (Å²) >= 11 is 0. The third-order valence-corrected chi connectivity index (χ3v) is 6.76. The van der Waals surface area contributed by atoms with Crippen molar-refractivity contribution >= 4 is 28.5 Å². The molecular weight excluding hydrogens is 384 g/mol. The van der Waals surface area contributed by atoms with Gasteiger partial charge >= 0.3 is 0 Å². The highest BCUT2D eigenvalue weighted by Crippen LogP contribution is 2.19. The lowest BCUT2D eigenvalue weighted by Crippen LogP contribution is -2.59. The smallest absolute Gasteiger partial charge is 0.282 e. The van der Waals surface area contributed by atoms with Crippen LogP contribution in [0.2, 0.25) is 0 Å². The Labute approximate surface area is 161 Å². The fraction of sp³-hybridized carbons (Fsp3) is 0.933. The van der Waals surface area contributed by atoms with Gasteiger partial charge in [0.1, 0.15) is 6.10 Å². The van der Waals surface area contributed by atoms with E-state index in [1.54, 1.807) is 4.90 Å². The summed E-state index contributed by atoms with van der Waals surface area (Å²) in [7, 11) is -3.52. The molecule has 3 unspecified atom stereocenters. The highest BCUT2D eigenvalue weighted by Gasteiger charge is 2.38. The van der Waals surface area contributed by atoms with Crippen LogP contribution in [-0.4, -0.2) is 105 Å². The number of nitrogens with one attached hydrogen (secondary N) is 1. The fourth-order valence-electron chi connectivity index (χ4n) is 3.55. The molecule has 3 aliphatic rings. The molecule has 11 heteroatoms. The third-order valence-electron chi connectivity index (χ3n) is 4.79. The molecule has 0 aromatic heterocycles. The fourth-order valence-corrected chi connectivity index (χ4v) is 5.30. The molecule has 1 N–H and O–H groups in total. The molecule has 0 spiro atoms. The minimum absolute atomic E-state index is 0. The number of ether oxygens (including phenoxy) is 2. The molecule has 0 aromatic carbocycles. The van der Waals surface area contributed by atoms with Crippen molar-refractivity contribution in [2.45, 2.75) is 32.2 Å². The number of nitrogens with zero attached hydrogens (tertiary/aromatic N) is 3. The number of morpholine rings is 2. The number of hydrogen-bond acceptors (Lipinski definition) is 6. The molecule has 3 rings (SSSR count). The molecule has 1 amide bonds. The maximum absolute atomic E-state index is 12.9. The second-order valence-corrected chi connectivity index (χ2v) is 8.80. The van der Waals surface area contributed by atoms with Gasteiger partial charge in [0.05, 0.1) is 18.8 Å². The van der Waals surface area contributed by atoms with E-state index in [1.165, 1.54) is 8.61 Å². The second kappa shape index (κ2) is 9.13. The van der Waals surface area contributed by atoms with Crippen LogP contribution >= 0.6 is 12.4 Å². The van der Waals surface area contributed by atoms with Crippen LogP contribution in [-0.2, 0) is 24.5 Å². The van der Waals surface area contributed by atoms with Crippen molar-refractivity contribution in [3.8, 4) is 0 Å². The highest BCUT2D eigenvalue weighted by atomic mass is 35.5. The summed E-state index contributed by atoms with van der Waals surface area (Å²) in [5, 5.41) is 3.14. The van der Waals surface area contributed by atoms with Gasteiger partial charge in [-0.1, -0.05) is 0 Å². The number of carbonyl (C=O) groups is 1. The number of piperazine rings is 1. The van der Waals surface area contributed by atoms with Gasteiger partial charge in [-0.05, 0) is 13.8 Å². The van der Waals surface area contributed by atoms with E-state index in [0.717, 1.165) is 6.54 Å². The summed E-state index contributed by atoms with van der Waals surface area (Å²) in [6.07, 6.45) is -0.687. The van der Waals surface area contributed by atoms with E-state index in [9.17, 15) is 13.2 Å². The summed E-state index contributed by atoms with van der Waals surface area (Å²) in [6, 6.07) is 0. The Balaban J connectivity index is 0.00000243. The third kappa shape index (κ3) is 4.86. The van der Waals surface area contributed by atoms with E-state index in [-0.39, 0.29) is 30.5 Å². The van der Waals surface area contributed by atoms with Gasteiger partial charge in [-0.3, -0.25) is 4.79 Å². The van der Waals surface area contributed by atoms with Crippen LogP contribution in [0.25, 0.3) is 0 Å². The summed E-state index contributed by atoms with van der Waals surface area (Å²) < 4.78 is 39.8. The van der Waals surface area contributed by atoms with Gasteiger partial charge in [0.25, 0.3) is 16.1 Å².